The molecular weight excluding hydrogens is 483 g/mol. The summed E-state index contributed by atoms with van der Waals surface area (Å²) < 4.78 is 10.6. The molecule has 34 heavy (non-hydrogen) atoms. The predicted molar refractivity (Wildman–Crippen MR) is 131 cm³/mol. The van der Waals surface area contributed by atoms with Crippen LogP contribution in [0.15, 0.2) is 35.8 Å². The zero-order valence-corrected chi connectivity index (χ0v) is 19.9. The first-order chi connectivity index (χ1) is 16.4. The summed E-state index contributed by atoms with van der Waals surface area (Å²) in [5, 5.41) is 10.2. The molecule has 2 aromatic heterocycles. The normalized spacial score (nSPS) is 17.4. The monoisotopic (exact) mass is 504 g/mol. The van der Waals surface area contributed by atoms with Gasteiger partial charge in [0.25, 0.3) is 5.56 Å². The number of pyridine rings is 1. The highest BCUT2D eigenvalue weighted by Gasteiger charge is 2.28. The molecule has 0 bridgehead atoms. The van der Waals surface area contributed by atoms with Gasteiger partial charge in [0.1, 0.15) is 17.0 Å². The molecule has 0 spiro atoms. The summed E-state index contributed by atoms with van der Waals surface area (Å²) in [4.78, 5) is 36.1. The lowest BCUT2D eigenvalue weighted by atomic mass is 10.1. The number of aromatic amines is 1. The summed E-state index contributed by atoms with van der Waals surface area (Å²) >= 11 is 13.0. The van der Waals surface area contributed by atoms with E-state index in [4.69, 9.17) is 32.7 Å². The van der Waals surface area contributed by atoms with Gasteiger partial charge in [0.2, 0.25) is 11.9 Å². The lowest BCUT2D eigenvalue weighted by molar-refractivity contribution is -0.117. The van der Waals surface area contributed by atoms with E-state index in [-0.39, 0.29) is 39.5 Å². The number of ether oxygens (including phenoxy) is 2. The Hall–Kier alpha value is -3.34. The summed E-state index contributed by atoms with van der Waals surface area (Å²) in [5.74, 6) is 0.683. The maximum Gasteiger partial charge on any atom is 0.275 e. The topological polar surface area (TPSA) is 130 Å². The zero-order chi connectivity index (χ0) is 24.4. The van der Waals surface area contributed by atoms with Gasteiger partial charge in [-0.1, -0.05) is 29.8 Å². The summed E-state index contributed by atoms with van der Waals surface area (Å²) in [6, 6.07) is 2.90. The molecule has 0 unspecified atom stereocenters. The number of carbonyl (C=O) groups is 1. The van der Waals surface area contributed by atoms with Crippen LogP contribution in [-0.2, 0) is 4.79 Å². The van der Waals surface area contributed by atoms with E-state index in [9.17, 15) is 9.59 Å². The smallest absolute Gasteiger partial charge is 0.275 e. The second-order valence-electron chi connectivity index (χ2n) is 7.52. The Kier molecular flexibility index (Phi) is 6.92. The molecule has 10 nitrogen and oxygen atoms in total. The van der Waals surface area contributed by atoms with E-state index in [1.807, 2.05) is 0 Å². The first kappa shape index (κ1) is 23.8. The molecule has 3 heterocycles. The Balaban J connectivity index is 1.69. The van der Waals surface area contributed by atoms with Gasteiger partial charge in [-0.25, -0.2) is 9.97 Å². The van der Waals surface area contributed by atoms with Crippen LogP contribution >= 0.6 is 23.2 Å². The van der Waals surface area contributed by atoms with Crippen LogP contribution < -0.4 is 31.0 Å². The number of fused-ring (bicyclic) bond motifs is 1. The van der Waals surface area contributed by atoms with E-state index in [0.717, 1.165) is 0 Å². The molecule has 4 rings (SSSR count). The van der Waals surface area contributed by atoms with E-state index in [0.29, 0.717) is 41.2 Å². The first-order valence-corrected chi connectivity index (χ1v) is 11.0. The average Bonchev–Trinajstić information content (AvgIpc) is 3.26. The molecule has 4 N–H and O–H groups in total. The lowest BCUT2D eigenvalue weighted by Crippen LogP contribution is -2.45. The molecule has 1 saturated heterocycles. The number of hydrogen-bond acceptors (Lipinski definition) is 8. The number of amides is 1. The summed E-state index contributed by atoms with van der Waals surface area (Å²) in [5.41, 5.74) is 0.452. The standard InChI is InChI=1S/C22H22Cl2N6O4/c1-4-16(31)27-12-8-25-9-13(12)29-22-26-7-10-5-11(28-21(32)20(10)30-22)17-18(23)14(33-2)6-15(34-3)19(17)24/h4-7,12-13,25H,1,8-9H2,2-3H3,(H,27,31)(H,28,32)(H,26,29,30)/t12-,13+/m0/s1. The Morgan fingerprint density at radius 1 is 1.18 bits per heavy atom. The van der Waals surface area contributed by atoms with Crippen molar-refractivity contribution in [2.45, 2.75) is 12.1 Å². The molecule has 3 aromatic rings. The third-order valence-electron chi connectivity index (χ3n) is 5.46. The summed E-state index contributed by atoms with van der Waals surface area (Å²) in [7, 11) is 2.94. The van der Waals surface area contributed by atoms with Crippen molar-refractivity contribution in [2.75, 3.05) is 32.6 Å². The number of nitrogens with one attached hydrogen (secondary N) is 4. The van der Waals surface area contributed by atoms with Crippen molar-refractivity contribution in [3.05, 3.63) is 51.4 Å². The number of carbonyl (C=O) groups excluding carboxylic acids is 1. The molecular formula is C22H22Cl2N6O4. The first-order valence-electron chi connectivity index (χ1n) is 10.3. The van der Waals surface area contributed by atoms with Gasteiger partial charge in [-0.15, -0.1) is 0 Å². The van der Waals surface area contributed by atoms with Gasteiger partial charge in [0, 0.05) is 36.3 Å². The van der Waals surface area contributed by atoms with Crippen molar-refractivity contribution in [1.82, 2.24) is 25.6 Å². The van der Waals surface area contributed by atoms with Crippen LogP contribution in [0, 0.1) is 0 Å². The van der Waals surface area contributed by atoms with Crippen molar-refractivity contribution in [2.24, 2.45) is 0 Å². The van der Waals surface area contributed by atoms with Crippen LogP contribution in [0.5, 0.6) is 11.5 Å². The minimum absolute atomic E-state index is 0.165. The van der Waals surface area contributed by atoms with Crippen LogP contribution in [-0.4, -0.2) is 60.3 Å². The molecule has 1 fully saturated rings. The molecule has 1 aromatic carbocycles. The fourth-order valence-electron chi connectivity index (χ4n) is 3.77. The molecule has 12 heteroatoms. The van der Waals surface area contributed by atoms with Crippen molar-refractivity contribution in [3.8, 4) is 22.8 Å². The second-order valence-corrected chi connectivity index (χ2v) is 8.28. The van der Waals surface area contributed by atoms with Gasteiger partial charge in [-0.05, 0) is 12.1 Å². The van der Waals surface area contributed by atoms with Gasteiger partial charge >= 0.3 is 0 Å². The average molecular weight is 505 g/mol. The SMILES string of the molecule is C=CC(=O)N[C@H]1CNC[C@H]1Nc1ncc2cc(-c3c(Cl)c(OC)cc(OC)c3Cl)[nH]c(=O)c2n1. The minimum Gasteiger partial charge on any atom is -0.495 e. The van der Waals surface area contributed by atoms with Crippen molar-refractivity contribution < 1.29 is 14.3 Å². The Morgan fingerprint density at radius 2 is 1.85 bits per heavy atom. The Morgan fingerprint density at radius 3 is 2.50 bits per heavy atom. The van der Waals surface area contributed by atoms with Gasteiger partial charge in [-0.2, -0.15) is 0 Å². The number of rotatable bonds is 7. The second kappa shape index (κ2) is 9.88. The fraction of sp³-hybridized carbons (Fsp3) is 0.273. The quantitative estimate of drug-likeness (QED) is 0.360. The number of methoxy groups -OCH3 is 2. The minimum atomic E-state index is -0.451. The number of nitrogens with zero attached hydrogens (tertiary/aromatic N) is 2. The zero-order valence-electron chi connectivity index (χ0n) is 18.4. The number of benzene rings is 1. The summed E-state index contributed by atoms with van der Waals surface area (Å²) in [6.45, 7) is 4.64. The van der Waals surface area contributed by atoms with Gasteiger partial charge < -0.3 is 30.4 Å². The summed E-state index contributed by atoms with van der Waals surface area (Å²) in [6.07, 6.45) is 2.75. The fourth-order valence-corrected chi connectivity index (χ4v) is 4.47. The highest BCUT2D eigenvalue weighted by atomic mass is 35.5. The number of H-pyrrole nitrogens is 1. The highest BCUT2D eigenvalue weighted by molar-refractivity contribution is 6.41. The van der Waals surface area contributed by atoms with Crippen molar-refractivity contribution >= 4 is 46.0 Å². The van der Waals surface area contributed by atoms with Crippen LogP contribution in [0.25, 0.3) is 22.2 Å². The molecule has 1 aliphatic heterocycles. The van der Waals surface area contributed by atoms with Crippen molar-refractivity contribution in [1.29, 1.82) is 0 Å². The molecule has 1 amide bonds. The third-order valence-corrected chi connectivity index (χ3v) is 6.22. The lowest BCUT2D eigenvalue weighted by Gasteiger charge is -2.20. The maximum atomic E-state index is 12.9. The molecule has 178 valence electrons. The van der Waals surface area contributed by atoms with Crippen LogP contribution in [0.3, 0.4) is 0 Å². The molecule has 1 aliphatic rings. The number of hydrogen-bond donors (Lipinski definition) is 4. The Labute approximate surface area is 204 Å². The largest absolute Gasteiger partial charge is 0.495 e. The van der Waals surface area contributed by atoms with Gasteiger partial charge in [-0.3, -0.25) is 9.59 Å². The molecule has 0 radical (unpaired) electrons. The van der Waals surface area contributed by atoms with E-state index in [2.05, 4.69) is 37.5 Å². The number of halogens is 2. The highest BCUT2D eigenvalue weighted by Crippen LogP contribution is 2.45. The van der Waals surface area contributed by atoms with Crippen LogP contribution in [0.4, 0.5) is 5.95 Å². The van der Waals surface area contributed by atoms with Gasteiger partial charge in [0.05, 0.1) is 42.0 Å². The number of aromatic nitrogens is 3. The van der Waals surface area contributed by atoms with Gasteiger partial charge in [0.15, 0.2) is 0 Å². The predicted octanol–water partition coefficient (Wildman–Crippen LogP) is 2.36. The Bertz CT molecular complexity index is 1300. The number of anilines is 1. The molecule has 2 atom stereocenters. The van der Waals surface area contributed by atoms with E-state index in [1.165, 1.54) is 26.5 Å². The third kappa shape index (κ3) is 4.52. The van der Waals surface area contributed by atoms with E-state index >= 15 is 0 Å². The maximum absolute atomic E-state index is 12.9. The molecule has 0 aliphatic carbocycles. The van der Waals surface area contributed by atoms with E-state index in [1.54, 1.807) is 12.1 Å². The van der Waals surface area contributed by atoms with Crippen molar-refractivity contribution in [3.63, 3.8) is 0 Å². The van der Waals surface area contributed by atoms with E-state index < -0.39 is 5.56 Å². The van der Waals surface area contributed by atoms with Crippen LogP contribution in [0.2, 0.25) is 10.0 Å². The van der Waals surface area contributed by atoms with Crippen LogP contribution in [0.1, 0.15) is 0 Å². The molecule has 0 saturated carbocycles.